The Morgan fingerprint density at radius 3 is 2.44 bits per heavy atom. The number of nitrogens with zero attached hydrogens (tertiary/aromatic N) is 1. The number of benzene rings is 1. The van der Waals surface area contributed by atoms with Gasteiger partial charge in [-0.05, 0) is 37.6 Å². The monoisotopic (exact) mass is 504 g/mol. The van der Waals surface area contributed by atoms with Crippen molar-refractivity contribution in [3.63, 3.8) is 0 Å². The van der Waals surface area contributed by atoms with Crippen molar-refractivity contribution in [2.75, 3.05) is 32.9 Å². The zero-order valence-electron chi connectivity index (χ0n) is 14.6. The second-order valence-electron chi connectivity index (χ2n) is 5.28. The van der Waals surface area contributed by atoms with Crippen LogP contribution in [0.3, 0.4) is 0 Å². The van der Waals surface area contributed by atoms with Crippen molar-refractivity contribution in [2.45, 2.75) is 19.4 Å². The fourth-order valence-corrected chi connectivity index (χ4v) is 2.44. The fourth-order valence-electron chi connectivity index (χ4n) is 1.80. The van der Waals surface area contributed by atoms with Crippen LogP contribution in [0.1, 0.15) is 13.3 Å². The highest BCUT2D eigenvalue weighted by Crippen LogP contribution is 2.16. The molecule has 0 fully saturated rings. The maximum Gasteiger partial charge on any atom is 0.208 e. The van der Waals surface area contributed by atoms with Gasteiger partial charge in [-0.25, -0.2) is 13.1 Å². The van der Waals surface area contributed by atoms with Gasteiger partial charge < -0.3 is 15.4 Å². The molecule has 1 aromatic rings. The molecule has 0 spiro atoms. The van der Waals surface area contributed by atoms with Crippen LogP contribution in [0.4, 0.5) is 0 Å². The molecule has 0 saturated heterocycles. The summed E-state index contributed by atoms with van der Waals surface area (Å²) in [7, 11) is -1.46. The van der Waals surface area contributed by atoms with E-state index in [0.29, 0.717) is 37.0 Å². The molecule has 144 valence electrons. The highest BCUT2D eigenvalue weighted by molar-refractivity contribution is 14.0. The molecule has 0 amide bonds. The molecule has 0 aliphatic heterocycles. The van der Waals surface area contributed by atoms with Crippen LogP contribution in [0.15, 0.2) is 29.3 Å². The minimum Gasteiger partial charge on any atom is -0.489 e. The molecule has 0 saturated carbocycles. The molecule has 10 heteroatoms. The van der Waals surface area contributed by atoms with Gasteiger partial charge in [0.1, 0.15) is 11.9 Å². The molecule has 0 aliphatic rings. The smallest absolute Gasteiger partial charge is 0.208 e. The third kappa shape index (κ3) is 12.2. The quantitative estimate of drug-likeness (QED) is 0.207. The van der Waals surface area contributed by atoms with E-state index >= 15 is 0 Å². The second-order valence-corrected chi connectivity index (χ2v) is 7.55. The minimum absolute atomic E-state index is 0. The lowest BCUT2D eigenvalue weighted by atomic mass is 10.3. The highest BCUT2D eigenvalue weighted by atomic mass is 127. The lowest BCUT2D eigenvalue weighted by Gasteiger charge is -2.17. The highest BCUT2D eigenvalue weighted by Gasteiger charge is 2.06. The van der Waals surface area contributed by atoms with E-state index in [1.54, 1.807) is 19.2 Å². The predicted octanol–water partition coefficient (Wildman–Crippen LogP) is 1.83. The first-order valence-electron chi connectivity index (χ1n) is 7.61. The summed E-state index contributed by atoms with van der Waals surface area (Å²) < 4.78 is 30.1. The van der Waals surface area contributed by atoms with Gasteiger partial charge in [-0.1, -0.05) is 11.6 Å². The Kier molecular flexibility index (Phi) is 12.2. The van der Waals surface area contributed by atoms with Gasteiger partial charge in [0.05, 0.1) is 12.8 Å². The predicted molar refractivity (Wildman–Crippen MR) is 114 cm³/mol. The van der Waals surface area contributed by atoms with Crippen LogP contribution < -0.4 is 20.1 Å². The molecule has 0 heterocycles. The molecule has 0 aromatic heterocycles. The van der Waals surface area contributed by atoms with E-state index in [9.17, 15) is 8.42 Å². The Bertz CT molecular complexity index is 626. The van der Waals surface area contributed by atoms with Crippen LogP contribution >= 0.6 is 35.6 Å². The zero-order chi connectivity index (χ0) is 18.0. The summed E-state index contributed by atoms with van der Waals surface area (Å²) in [6.07, 6.45) is 1.74. The van der Waals surface area contributed by atoms with E-state index in [2.05, 4.69) is 20.3 Å². The van der Waals surface area contributed by atoms with Crippen LogP contribution in [-0.4, -0.2) is 53.4 Å². The number of guanidine groups is 1. The Balaban J connectivity index is 0.00000576. The summed E-state index contributed by atoms with van der Waals surface area (Å²) >= 11 is 5.84. The van der Waals surface area contributed by atoms with Crippen LogP contribution in [0.25, 0.3) is 0 Å². The molecule has 0 radical (unpaired) electrons. The SMILES string of the molecule is CN=C(NCCCNS(C)(=O)=O)NCC(C)Oc1ccc(Cl)cc1.I. The summed E-state index contributed by atoms with van der Waals surface area (Å²) in [5.74, 6) is 1.39. The summed E-state index contributed by atoms with van der Waals surface area (Å²) in [6.45, 7) is 3.52. The zero-order valence-corrected chi connectivity index (χ0v) is 18.5. The molecule has 25 heavy (non-hydrogen) atoms. The minimum atomic E-state index is -3.13. The summed E-state index contributed by atoms with van der Waals surface area (Å²) in [5.41, 5.74) is 0. The van der Waals surface area contributed by atoms with Crippen LogP contribution in [0, 0.1) is 0 Å². The second kappa shape index (κ2) is 12.6. The van der Waals surface area contributed by atoms with Gasteiger partial charge >= 0.3 is 0 Å². The number of ether oxygens (including phenoxy) is 1. The molecule has 1 rings (SSSR count). The third-order valence-corrected chi connectivity index (χ3v) is 3.92. The van der Waals surface area contributed by atoms with Crippen molar-refractivity contribution in [2.24, 2.45) is 4.99 Å². The van der Waals surface area contributed by atoms with Gasteiger partial charge in [-0.3, -0.25) is 4.99 Å². The molecule has 1 unspecified atom stereocenters. The maximum absolute atomic E-state index is 10.9. The topological polar surface area (TPSA) is 91.8 Å². The Labute approximate surface area is 172 Å². The number of hydrogen-bond donors (Lipinski definition) is 3. The number of sulfonamides is 1. The van der Waals surface area contributed by atoms with Crippen molar-refractivity contribution < 1.29 is 13.2 Å². The van der Waals surface area contributed by atoms with Crippen molar-refractivity contribution in [3.8, 4) is 5.75 Å². The van der Waals surface area contributed by atoms with E-state index in [1.165, 1.54) is 0 Å². The summed E-state index contributed by atoms with van der Waals surface area (Å²) in [5, 5.41) is 6.94. The van der Waals surface area contributed by atoms with Crippen molar-refractivity contribution in [1.29, 1.82) is 0 Å². The standard InChI is InChI=1S/C15H25ClN4O3S.HI/c1-12(23-14-7-5-13(16)6-8-14)11-19-15(17-2)18-9-4-10-20-24(3,21)22;/h5-8,12,20H,4,9-11H2,1-3H3,(H2,17,18,19);1H. The first-order chi connectivity index (χ1) is 11.3. The summed E-state index contributed by atoms with van der Waals surface area (Å²) in [4.78, 5) is 4.11. The van der Waals surface area contributed by atoms with Gasteiger partial charge in [-0.15, -0.1) is 24.0 Å². The average molecular weight is 505 g/mol. The van der Waals surface area contributed by atoms with Gasteiger partial charge in [0, 0.05) is 25.2 Å². The fraction of sp³-hybridized carbons (Fsp3) is 0.533. The molecule has 0 bridgehead atoms. The number of nitrogens with one attached hydrogen (secondary N) is 3. The molecular weight excluding hydrogens is 479 g/mol. The lowest BCUT2D eigenvalue weighted by molar-refractivity contribution is 0.224. The first-order valence-corrected chi connectivity index (χ1v) is 9.88. The van der Waals surface area contributed by atoms with Crippen molar-refractivity contribution in [1.82, 2.24) is 15.4 Å². The molecule has 0 aliphatic carbocycles. The number of rotatable bonds is 9. The van der Waals surface area contributed by atoms with Gasteiger partial charge in [0.15, 0.2) is 5.96 Å². The average Bonchev–Trinajstić information content (AvgIpc) is 2.51. The van der Waals surface area contributed by atoms with E-state index in [-0.39, 0.29) is 30.1 Å². The largest absolute Gasteiger partial charge is 0.489 e. The number of aliphatic imine (C=N–C) groups is 1. The normalized spacial score (nSPS) is 12.9. The van der Waals surface area contributed by atoms with Crippen LogP contribution in [0.5, 0.6) is 5.75 Å². The van der Waals surface area contributed by atoms with E-state index in [4.69, 9.17) is 16.3 Å². The van der Waals surface area contributed by atoms with Gasteiger partial charge in [-0.2, -0.15) is 0 Å². The maximum atomic E-state index is 10.9. The van der Waals surface area contributed by atoms with E-state index in [0.717, 1.165) is 12.0 Å². The van der Waals surface area contributed by atoms with Gasteiger partial charge in [0.25, 0.3) is 0 Å². The van der Waals surface area contributed by atoms with E-state index < -0.39 is 10.0 Å². The number of hydrogen-bond acceptors (Lipinski definition) is 4. The molecule has 1 aromatic carbocycles. The molecule has 7 nitrogen and oxygen atoms in total. The van der Waals surface area contributed by atoms with Gasteiger partial charge in [0.2, 0.25) is 10.0 Å². The molecule has 1 atom stereocenters. The van der Waals surface area contributed by atoms with E-state index in [1.807, 2.05) is 19.1 Å². The Hall–Kier alpha value is -0.780. The Morgan fingerprint density at radius 1 is 1.24 bits per heavy atom. The molecular formula is C15H26ClIN4O3S. The summed E-state index contributed by atoms with van der Waals surface area (Å²) in [6, 6.07) is 7.20. The Morgan fingerprint density at radius 2 is 1.88 bits per heavy atom. The van der Waals surface area contributed by atoms with Crippen molar-refractivity contribution >= 4 is 51.6 Å². The van der Waals surface area contributed by atoms with Crippen molar-refractivity contribution in [3.05, 3.63) is 29.3 Å². The number of halogens is 2. The first kappa shape index (κ1) is 24.2. The van der Waals surface area contributed by atoms with Crippen LogP contribution in [0.2, 0.25) is 5.02 Å². The van der Waals surface area contributed by atoms with Crippen LogP contribution in [-0.2, 0) is 10.0 Å². The molecule has 3 N–H and O–H groups in total. The third-order valence-electron chi connectivity index (χ3n) is 2.94. The lowest BCUT2D eigenvalue weighted by Crippen LogP contribution is -2.42.